The molecular formula is C20H17Cl2N3O5. The van der Waals surface area contributed by atoms with Gasteiger partial charge in [0.1, 0.15) is 6.04 Å². The molecule has 8 nitrogen and oxygen atoms in total. The molecular weight excluding hydrogens is 433 g/mol. The molecule has 156 valence electrons. The lowest BCUT2D eigenvalue weighted by Gasteiger charge is -2.26. The van der Waals surface area contributed by atoms with E-state index in [4.69, 9.17) is 23.2 Å². The number of rotatable bonds is 6. The second-order valence-corrected chi connectivity index (χ2v) is 8.05. The molecule has 30 heavy (non-hydrogen) atoms. The Kier molecular flexibility index (Phi) is 6.09. The van der Waals surface area contributed by atoms with Crippen LogP contribution in [0.2, 0.25) is 10.0 Å². The first-order chi connectivity index (χ1) is 14.1. The molecule has 0 unspecified atom stereocenters. The molecule has 1 aliphatic heterocycles. The van der Waals surface area contributed by atoms with Gasteiger partial charge in [0.15, 0.2) is 0 Å². The van der Waals surface area contributed by atoms with Crippen LogP contribution < -0.4 is 5.32 Å². The first kappa shape index (κ1) is 21.7. The summed E-state index contributed by atoms with van der Waals surface area (Å²) < 4.78 is 0. The van der Waals surface area contributed by atoms with E-state index in [1.165, 1.54) is 36.4 Å². The van der Waals surface area contributed by atoms with Gasteiger partial charge in [-0.15, -0.1) is 0 Å². The molecule has 0 saturated carbocycles. The van der Waals surface area contributed by atoms with Crippen molar-refractivity contribution in [2.75, 3.05) is 5.32 Å². The molecule has 10 heteroatoms. The second kappa shape index (κ2) is 8.41. The summed E-state index contributed by atoms with van der Waals surface area (Å²) in [6, 6.07) is 6.82. The number of carbonyl (C=O) groups is 3. The van der Waals surface area contributed by atoms with E-state index in [2.05, 4.69) is 5.32 Å². The number of halogens is 2. The average Bonchev–Trinajstić information content (AvgIpc) is 2.90. The minimum Gasteiger partial charge on any atom is -0.324 e. The summed E-state index contributed by atoms with van der Waals surface area (Å²) in [6.45, 7) is 3.72. The Morgan fingerprint density at radius 3 is 2.00 bits per heavy atom. The first-order valence-corrected chi connectivity index (χ1v) is 9.78. The highest BCUT2D eigenvalue weighted by Crippen LogP contribution is 2.33. The van der Waals surface area contributed by atoms with Crippen molar-refractivity contribution in [1.29, 1.82) is 0 Å². The van der Waals surface area contributed by atoms with Crippen LogP contribution in [0.5, 0.6) is 0 Å². The van der Waals surface area contributed by atoms with Crippen molar-refractivity contribution in [3.05, 3.63) is 67.7 Å². The molecule has 0 radical (unpaired) electrons. The summed E-state index contributed by atoms with van der Waals surface area (Å²) in [5.41, 5.74) is 0.362. The van der Waals surface area contributed by atoms with Crippen LogP contribution in [0.1, 0.15) is 41.0 Å². The molecule has 0 spiro atoms. The number of non-ortho nitro benzene ring substituents is 1. The van der Waals surface area contributed by atoms with E-state index >= 15 is 0 Å². The summed E-state index contributed by atoms with van der Waals surface area (Å²) in [4.78, 5) is 50.0. The van der Waals surface area contributed by atoms with E-state index < -0.39 is 28.7 Å². The second-order valence-electron chi connectivity index (χ2n) is 7.23. The van der Waals surface area contributed by atoms with Crippen molar-refractivity contribution < 1.29 is 19.3 Å². The van der Waals surface area contributed by atoms with Crippen LogP contribution in [0.25, 0.3) is 0 Å². The lowest BCUT2D eigenvalue weighted by Crippen LogP contribution is -2.47. The van der Waals surface area contributed by atoms with Crippen LogP contribution in [0, 0.1) is 16.0 Å². The van der Waals surface area contributed by atoms with Gasteiger partial charge >= 0.3 is 0 Å². The Labute approximate surface area is 181 Å². The topological polar surface area (TPSA) is 110 Å². The number of nitrogens with one attached hydrogen (secondary N) is 1. The van der Waals surface area contributed by atoms with Crippen LogP contribution in [0.4, 0.5) is 11.4 Å². The number of anilines is 1. The van der Waals surface area contributed by atoms with Crippen LogP contribution >= 0.6 is 23.2 Å². The zero-order chi connectivity index (χ0) is 22.2. The number of hydrogen-bond donors (Lipinski definition) is 1. The highest BCUT2D eigenvalue weighted by molar-refractivity contribution is 6.43. The van der Waals surface area contributed by atoms with Crippen LogP contribution in [0.3, 0.4) is 0 Å². The van der Waals surface area contributed by atoms with Crippen molar-refractivity contribution in [2.24, 2.45) is 5.92 Å². The van der Waals surface area contributed by atoms with Crippen LogP contribution in [0.15, 0.2) is 36.4 Å². The third-order valence-electron chi connectivity index (χ3n) is 4.61. The van der Waals surface area contributed by atoms with Gasteiger partial charge in [-0.3, -0.25) is 29.4 Å². The van der Waals surface area contributed by atoms with Gasteiger partial charge in [-0.25, -0.2) is 0 Å². The van der Waals surface area contributed by atoms with Crippen molar-refractivity contribution in [3.8, 4) is 0 Å². The van der Waals surface area contributed by atoms with Crippen molar-refractivity contribution in [2.45, 2.75) is 26.3 Å². The number of amides is 3. The van der Waals surface area contributed by atoms with Gasteiger partial charge in [0.2, 0.25) is 5.91 Å². The fourth-order valence-electron chi connectivity index (χ4n) is 3.20. The lowest BCUT2D eigenvalue weighted by molar-refractivity contribution is -0.384. The lowest BCUT2D eigenvalue weighted by atomic mass is 10.0. The normalized spacial score (nSPS) is 14.1. The van der Waals surface area contributed by atoms with Crippen LogP contribution in [-0.2, 0) is 4.79 Å². The summed E-state index contributed by atoms with van der Waals surface area (Å²) in [5.74, 6) is -1.84. The quantitative estimate of drug-likeness (QED) is 0.395. The highest BCUT2D eigenvalue weighted by atomic mass is 35.5. The molecule has 3 amide bonds. The SMILES string of the molecule is CC(C)C[C@H](C(=O)Nc1ccc([N+](=O)[O-])cc1)N1C(=O)c2cc(Cl)c(Cl)cc2C1=O. The monoisotopic (exact) mass is 449 g/mol. The third-order valence-corrected chi connectivity index (χ3v) is 5.34. The number of nitro benzene ring substituents is 1. The zero-order valence-electron chi connectivity index (χ0n) is 16.0. The summed E-state index contributed by atoms with van der Waals surface area (Å²) in [6.07, 6.45) is 0.228. The summed E-state index contributed by atoms with van der Waals surface area (Å²) >= 11 is 12.0. The molecule has 2 aromatic carbocycles. The van der Waals surface area contributed by atoms with Crippen LogP contribution in [-0.4, -0.2) is 33.6 Å². The number of nitrogens with zero attached hydrogens (tertiary/aromatic N) is 2. The first-order valence-electron chi connectivity index (χ1n) is 9.02. The molecule has 0 saturated heterocycles. The predicted molar refractivity (Wildman–Crippen MR) is 112 cm³/mol. The number of fused-ring (bicyclic) bond motifs is 1. The van der Waals surface area contributed by atoms with E-state index in [1.807, 2.05) is 13.8 Å². The number of benzene rings is 2. The maximum Gasteiger partial charge on any atom is 0.269 e. The molecule has 1 heterocycles. The van der Waals surface area contributed by atoms with Gasteiger partial charge in [-0.05, 0) is 36.6 Å². The van der Waals surface area contributed by atoms with Gasteiger partial charge in [-0.1, -0.05) is 37.0 Å². The molecule has 0 bridgehead atoms. The van der Waals surface area contributed by atoms with E-state index in [9.17, 15) is 24.5 Å². The fourth-order valence-corrected chi connectivity index (χ4v) is 3.53. The molecule has 3 rings (SSSR count). The van der Waals surface area contributed by atoms with E-state index in [1.54, 1.807) is 0 Å². The molecule has 1 N–H and O–H groups in total. The highest BCUT2D eigenvalue weighted by Gasteiger charge is 2.43. The van der Waals surface area contributed by atoms with E-state index in [0.29, 0.717) is 5.69 Å². The number of imide groups is 1. The van der Waals surface area contributed by atoms with Crippen molar-refractivity contribution >= 4 is 52.3 Å². The minimum absolute atomic E-state index is 0.00546. The maximum atomic E-state index is 13.0. The van der Waals surface area contributed by atoms with E-state index in [-0.39, 0.29) is 39.2 Å². The zero-order valence-corrected chi connectivity index (χ0v) is 17.5. The molecule has 2 aromatic rings. The third kappa shape index (κ3) is 4.15. The van der Waals surface area contributed by atoms with E-state index in [0.717, 1.165) is 4.90 Å². The molecule has 0 aromatic heterocycles. The van der Waals surface area contributed by atoms with Gasteiger partial charge in [0, 0.05) is 17.8 Å². The Morgan fingerprint density at radius 1 is 1.07 bits per heavy atom. The Balaban J connectivity index is 1.90. The number of carbonyl (C=O) groups excluding carboxylic acids is 3. The standard InChI is InChI=1S/C20H17Cl2N3O5/c1-10(2)7-17(18(26)23-11-3-5-12(6-4-11)25(29)30)24-19(27)13-8-15(21)16(22)9-14(13)20(24)28/h3-6,8-10,17H,7H2,1-2H3,(H,23,26)/t17-/m1/s1. The van der Waals surface area contributed by atoms with Gasteiger partial charge < -0.3 is 5.32 Å². The Bertz CT molecular complexity index is 1010. The number of hydrogen-bond acceptors (Lipinski definition) is 5. The van der Waals surface area contributed by atoms with Crippen molar-refractivity contribution in [1.82, 2.24) is 4.90 Å². The summed E-state index contributed by atoms with van der Waals surface area (Å²) in [7, 11) is 0. The molecule has 0 aliphatic carbocycles. The largest absolute Gasteiger partial charge is 0.324 e. The average molecular weight is 450 g/mol. The summed E-state index contributed by atoms with van der Waals surface area (Å²) in [5, 5.41) is 13.7. The van der Waals surface area contributed by atoms with Gasteiger partial charge in [0.05, 0.1) is 26.1 Å². The molecule has 1 aliphatic rings. The Hall–Kier alpha value is -2.97. The van der Waals surface area contributed by atoms with Gasteiger partial charge in [-0.2, -0.15) is 0 Å². The molecule has 1 atom stereocenters. The minimum atomic E-state index is -1.08. The maximum absolute atomic E-state index is 13.0. The van der Waals surface area contributed by atoms with Crippen molar-refractivity contribution in [3.63, 3.8) is 0 Å². The fraction of sp³-hybridized carbons (Fsp3) is 0.250. The number of nitro groups is 1. The molecule has 0 fully saturated rings. The van der Waals surface area contributed by atoms with Gasteiger partial charge in [0.25, 0.3) is 17.5 Å². The predicted octanol–water partition coefficient (Wildman–Crippen LogP) is 4.55. The smallest absolute Gasteiger partial charge is 0.269 e. The Morgan fingerprint density at radius 2 is 1.57 bits per heavy atom.